The topological polar surface area (TPSA) is 54.4 Å². The quantitative estimate of drug-likeness (QED) is 0.745. The fourth-order valence-electron chi connectivity index (χ4n) is 5.95. The van der Waals surface area contributed by atoms with Crippen molar-refractivity contribution in [2.24, 2.45) is 29.1 Å². The van der Waals surface area contributed by atoms with E-state index in [9.17, 15) is 14.7 Å². The predicted octanol–water partition coefficient (Wildman–Crippen LogP) is 2.67. The summed E-state index contributed by atoms with van der Waals surface area (Å²) in [6.45, 7) is 2.16. The second-order valence-electron chi connectivity index (χ2n) is 7.86. The van der Waals surface area contributed by atoms with Gasteiger partial charge in [-0.1, -0.05) is 6.92 Å². The minimum absolute atomic E-state index is 0.132. The van der Waals surface area contributed by atoms with Gasteiger partial charge in [0.1, 0.15) is 5.78 Å². The lowest BCUT2D eigenvalue weighted by Gasteiger charge is -2.53. The number of rotatable bonds is 0. The van der Waals surface area contributed by atoms with E-state index in [2.05, 4.69) is 6.92 Å². The first kappa shape index (κ1) is 13.7. The summed E-state index contributed by atoms with van der Waals surface area (Å²) in [5, 5.41) is 10.5. The molecule has 114 valence electrons. The molecule has 0 aromatic carbocycles. The molecule has 0 aromatic heterocycles. The van der Waals surface area contributed by atoms with Gasteiger partial charge in [0.2, 0.25) is 0 Å². The van der Waals surface area contributed by atoms with Crippen LogP contribution in [-0.4, -0.2) is 22.8 Å². The number of carbonyl (C=O) groups is 2. The summed E-state index contributed by atoms with van der Waals surface area (Å²) in [5.41, 5.74) is 0.868. The van der Waals surface area contributed by atoms with E-state index in [4.69, 9.17) is 0 Å². The highest BCUT2D eigenvalue weighted by Gasteiger charge is 2.57. The molecule has 0 bridgehead atoms. The monoisotopic (exact) mass is 288 g/mol. The fraction of sp³-hybridized carbons (Fsp3) is 0.778. The van der Waals surface area contributed by atoms with E-state index in [1.807, 2.05) is 0 Å². The lowest BCUT2D eigenvalue weighted by atomic mass is 9.52. The maximum absolute atomic E-state index is 12.3. The number of aliphatic hydroxyl groups excluding tert-OH is 1. The van der Waals surface area contributed by atoms with Gasteiger partial charge in [-0.25, -0.2) is 0 Å². The third-order valence-electron chi connectivity index (χ3n) is 7.06. The van der Waals surface area contributed by atoms with E-state index in [-0.39, 0.29) is 11.2 Å². The highest BCUT2D eigenvalue weighted by molar-refractivity contribution is 5.91. The first-order valence-corrected chi connectivity index (χ1v) is 8.46. The molecule has 4 rings (SSSR count). The van der Waals surface area contributed by atoms with Gasteiger partial charge in [-0.2, -0.15) is 0 Å². The minimum atomic E-state index is -0.460. The van der Waals surface area contributed by atoms with Gasteiger partial charge in [0, 0.05) is 18.3 Å². The molecule has 3 heteroatoms. The maximum atomic E-state index is 12.3. The standard InChI is InChI=1S/C18H24O3/c1-18-7-6-12-11-3-2-10(19)8-14(11)16(20)9-13(12)15(18)4-5-17(18)21/h8,11-13,15-16,20H,2-7,9H2,1H3/t11-,12-,13-,15+,16-,18+/m1/s1. The number of carbonyl (C=O) groups excluding carboxylic acids is 2. The SMILES string of the molecule is C[C@]12CC[C@H]3[C@@H](C[C@@H](O)C4=CC(=O)CC[C@@H]43)[C@@H]1CCC2=O. The average Bonchev–Trinajstić information content (AvgIpc) is 2.76. The molecule has 21 heavy (non-hydrogen) atoms. The summed E-state index contributed by atoms with van der Waals surface area (Å²) in [4.78, 5) is 24.0. The first-order valence-electron chi connectivity index (χ1n) is 8.46. The van der Waals surface area contributed by atoms with Crippen LogP contribution in [0.1, 0.15) is 51.9 Å². The molecule has 3 saturated carbocycles. The van der Waals surface area contributed by atoms with E-state index >= 15 is 0 Å². The third-order valence-corrected chi connectivity index (χ3v) is 7.06. The van der Waals surface area contributed by atoms with Gasteiger partial charge in [-0.15, -0.1) is 0 Å². The Kier molecular flexibility index (Phi) is 2.94. The molecular weight excluding hydrogens is 264 g/mol. The Morgan fingerprint density at radius 2 is 1.95 bits per heavy atom. The van der Waals surface area contributed by atoms with Crippen LogP contribution in [0.25, 0.3) is 0 Å². The molecule has 3 nitrogen and oxygen atoms in total. The Balaban J connectivity index is 1.68. The van der Waals surface area contributed by atoms with Crippen molar-refractivity contribution in [3.63, 3.8) is 0 Å². The second kappa shape index (κ2) is 4.52. The van der Waals surface area contributed by atoms with Gasteiger partial charge in [0.15, 0.2) is 5.78 Å². The molecule has 1 N–H and O–H groups in total. The zero-order valence-electron chi connectivity index (χ0n) is 12.7. The van der Waals surface area contributed by atoms with Crippen LogP contribution in [0.15, 0.2) is 11.6 Å². The molecule has 0 spiro atoms. The summed E-state index contributed by atoms with van der Waals surface area (Å²) >= 11 is 0. The Hall–Kier alpha value is -0.960. The second-order valence-corrected chi connectivity index (χ2v) is 7.86. The molecule has 0 amide bonds. The van der Waals surface area contributed by atoms with Gasteiger partial charge in [-0.05, 0) is 67.4 Å². The van der Waals surface area contributed by atoms with Crippen LogP contribution in [0.5, 0.6) is 0 Å². The zero-order chi connectivity index (χ0) is 14.8. The van der Waals surface area contributed by atoms with Crippen molar-refractivity contribution < 1.29 is 14.7 Å². The van der Waals surface area contributed by atoms with Crippen LogP contribution in [0.3, 0.4) is 0 Å². The summed E-state index contributed by atoms with van der Waals surface area (Å²) < 4.78 is 0. The van der Waals surface area contributed by atoms with Crippen molar-refractivity contribution >= 4 is 11.6 Å². The van der Waals surface area contributed by atoms with Gasteiger partial charge in [0.05, 0.1) is 6.10 Å². The molecule has 0 aromatic rings. The lowest BCUT2D eigenvalue weighted by molar-refractivity contribution is -0.132. The van der Waals surface area contributed by atoms with Crippen molar-refractivity contribution in [3.05, 3.63) is 11.6 Å². The van der Waals surface area contributed by atoms with Crippen molar-refractivity contribution in [2.75, 3.05) is 0 Å². The van der Waals surface area contributed by atoms with Crippen molar-refractivity contribution in [2.45, 2.75) is 58.0 Å². The minimum Gasteiger partial charge on any atom is -0.389 e. The van der Waals surface area contributed by atoms with E-state index in [1.165, 1.54) is 0 Å². The molecule has 3 fully saturated rings. The normalized spacial score (nSPS) is 49.2. The fourth-order valence-corrected chi connectivity index (χ4v) is 5.95. The summed E-state index contributed by atoms with van der Waals surface area (Å²) in [5.74, 6) is 2.52. The molecule has 0 saturated heterocycles. The molecular formula is C18H24O3. The van der Waals surface area contributed by atoms with Crippen molar-refractivity contribution in [1.82, 2.24) is 0 Å². The van der Waals surface area contributed by atoms with E-state index < -0.39 is 6.10 Å². The smallest absolute Gasteiger partial charge is 0.155 e. The van der Waals surface area contributed by atoms with E-state index in [0.717, 1.165) is 44.1 Å². The Morgan fingerprint density at radius 1 is 1.14 bits per heavy atom. The Morgan fingerprint density at radius 3 is 2.76 bits per heavy atom. The number of hydrogen-bond acceptors (Lipinski definition) is 3. The number of fused-ring (bicyclic) bond motifs is 5. The largest absolute Gasteiger partial charge is 0.389 e. The van der Waals surface area contributed by atoms with E-state index in [0.29, 0.717) is 35.9 Å². The molecule has 4 aliphatic rings. The van der Waals surface area contributed by atoms with E-state index in [1.54, 1.807) is 6.08 Å². The maximum Gasteiger partial charge on any atom is 0.155 e. The van der Waals surface area contributed by atoms with Gasteiger partial charge >= 0.3 is 0 Å². The Bertz CT molecular complexity index is 535. The third kappa shape index (κ3) is 1.82. The highest BCUT2D eigenvalue weighted by atomic mass is 16.3. The number of ketones is 2. The number of Topliss-reactive ketones (excluding diaryl/α,β-unsaturated/α-hetero) is 1. The van der Waals surface area contributed by atoms with Crippen molar-refractivity contribution in [1.29, 1.82) is 0 Å². The van der Waals surface area contributed by atoms with Crippen LogP contribution in [-0.2, 0) is 9.59 Å². The molecule has 0 heterocycles. The molecule has 6 atom stereocenters. The molecule has 0 radical (unpaired) electrons. The number of hydrogen-bond donors (Lipinski definition) is 1. The van der Waals surface area contributed by atoms with Crippen LogP contribution in [0.2, 0.25) is 0 Å². The predicted molar refractivity (Wildman–Crippen MR) is 78.5 cm³/mol. The average molecular weight is 288 g/mol. The zero-order valence-corrected chi connectivity index (χ0v) is 12.7. The number of aliphatic hydroxyl groups is 1. The van der Waals surface area contributed by atoms with Crippen LogP contribution >= 0.6 is 0 Å². The van der Waals surface area contributed by atoms with Gasteiger partial charge in [0.25, 0.3) is 0 Å². The summed E-state index contributed by atoms with van der Waals surface area (Å²) in [6.07, 6.45) is 7.39. The van der Waals surface area contributed by atoms with Crippen LogP contribution in [0.4, 0.5) is 0 Å². The van der Waals surface area contributed by atoms with Crippen molar-refractivity contribution in [3.8, 4) is 0 Å². The lowest BCUT2D eigenvalue weighted by Crippen LogP contribution is -2.49. The van der Waals surface area contributed by atoms with Gasteiger partial charge in [-0.3, -0.25) is 9.59 Å². The molecule has 4 aliphatic carbocycles. The molecule has 0 unspecified atom stereocenters. The van der Waals surface area contributed by atoms with Crippen LogP contribution < -0.4 is 0 Å². The summed E-state index contributed by atoms with van der Waals surface area (Å²) in [6, 6.07) is 0. The highest BCUT2D eigenvalue weighted by Crippen LogP contribution is 2.60. The van der Waals surface area contributed by atoms with Crippen LogP contribution in [0, 0.1) is 29.1 Å². The Labute approximate surface area is 125 Å². The molecule has 0 aliphatic heterocycles. The summed E-state index contributed by atoms with van der Waals surface area (Å²) in [7, 11) is 0. The van der Waals surface area contributed by atoms with Gasteiger partial charge < -0.3 is 5.11 Å². The first-order chi connectivity index (χ1) is 10.0.